The van der Waals surface area contributed by atoms with Gasteiger partial charge < -0.3 is 10.6 Å². The lowest BCUT2D eigenvalue weighted by Gasteiger charge is -2.11. The first-order valence-electron chi connectivity index (χ1n) is 5.96. The summed E-state index contributed by atoms with van der Waals surface area (Å²) in [7, 11) is 4.08. The molecule has 0 radical (unpaired) electrons. The van der Waals surface area contributed by atoms with Gasteiger partial charge in [-0.1, -0.05) is 36.4 Å². The fourth-order valence-electron chi connectivity index (χ4n) is 1.74. The highest BCUT2D eigenvalue weighted by molar-refractivity contribution is 5.71. The molecular formula is C16H18N2. The number of hydrogen-bond donors (Lipinski definition) is 1. The zero-order chi connectivity index (χ0) is 13.0. The van der Waals surface area contributed by atoms with Crippen molar-refractivity contribution in [2.75, 3.05) is 24.7 Å². The molecule has 0 amide bonds. The first-order chi connectivity index (χ1) is 8.65. The van der Waals surface area contributed by atoms with Crippen LogP contribution in [0.4, 0.5) is 11.4 Å². The maximum absolute atomic E-state index is 5.74. The third-order valence-electron chi connectivity index (χ3n) is 2.79. The quantitative estimate of drug-likeness (QED) is 0.655. The van der Waals surface area contributed by atoms with Gasteiger partial charge in [0.1, 0.15) is 0 Å². The van der Waals surface area contributed by atoms with Crippen molar-refractivity contribution < 1.29 is 0 Å². The van der Waals surface area contributed by atoms with Crippen molar-refractivity contribution in [2.24, 2.45) is 0 Å². The molecule has 0 atom stereocenters. The van der Waals surface area contributed by atoms with Crippen molar-refractivity contribution in [1.29, 1.82) is 0 Å². The molecule has 0 aromatic heterocycles. The SMILES string of the molecule is CN(C)c1ccc(/C=C/c2cccc(N)c2)cc1. The summed E-state index contributed by atoms with van der Waals surface area (Å²) >= 11 is 0. The first kappa shape index (κ1) is 12.2. The van der Waals surface area contributed by atoms with E-state index in [9.17, 15) is 0 Å². The van der Waals surface area contributed by atoms with Crippen LogP contribution in [0, 0.1) is 0 Å². The predicted molar refractivity (Wildman–Crippen MR) is 80.6 cm³/mol. The Labute approximate surface area is 108 Å². The number of nitrogen functional groups attached to an aromatic ring is 1. The average Bonchev–Trinajstić information content (AvgIpc) is 2.37. The van der Waals surface area contributed by atoms with E-state index in [1.54, 1.807) is 0 Å². The van der Waals surface area contributed by atoms with Crippen LogP contribution in [0.3, 0.4) is 0 Å². The van der Waals surface area contributed by atoms with Crippen LogP contribution in [-0.4, -0.2) is 14.1 Å². The molecule has 2 aromatic rings. The van der Waals surface area contributed by atoms with Gasteiger partial charge in [0, 0.05) is 25.5 Å². The molecule has 2 N–H and O–H groups in total. The van der Waals surface area contributed by atoms with Crippen LogP contribution in [0.5, 0.6) is 0 Å². The molecule has 18 heavy (non-hydrogen) atoms. The lowest BCUT2D eigenvalue weighted by atomic mass is 10.1. The Bertz CT molecular complexity index is 539. The van der Waals surface area contributed by atoms with E-state index in [2.05, 4.69) is 41.3 Å². The predicted octanol–water partition coefficient (Wildman–Crippen LogP) is 3.51. The van der Waals surface area contributed by atoms with Gasteiger partial charge >= 0.3 is 0 Å². The van der Waals surface area contributed by atoms with Gasteiger partial charge in [-0.3, -0.25) is 0 Å². The van der Waals surface area contributed by atoms with E-state index < -0.39 is 0 Å². The van der Waals surface area contributed by atoms with Crippen molar-refractivity contribution in [3.63, 3.8) is 0 Å². The van der Waals surface area contributed by atoms with E-state index >= 15 is 0 Å². The minimum absolute atomic E-state index is 0.792. The van der Waals surface area contributed by atoms with Crippen molar-refractivity contribution >= 4 is 23.5 Å². The third-order valence-corrected chi connectivity index (χ3v) is 2.79. The highest BCUT2D eigenvalue weighted by Crippen LogP contribution is 2.15. The number of benzene rings is 2. The molecule has 2 rings (SSSR count). The van der Waals surface area contributed by atoms with Crippen molar-refractivity contribution in [3.05, 3.63) is 59.7 Å². The molecule has 0 saturated heterocycles. The minimum Gasteiger partial charge on any atom is -0.399 e. The van der Waals surface area contributed by atoms with E-state index in [4.69, 9.17) is 5.73 Å². The summed E-state index contributed by atoms with van der Waals surface area (Å²) in [4.78, 5) is 2.09. The Hall–Kier alpha value is -2.22. The Morgan fingerprint density at radius 1 is 0.889 bits per heavy atom. The summed E-state index contributed by atoms with van der Waals surface area (Å²) in [5, 5.41) is 0. The summed E-state index contributed by atoms with van der Waals surface area (Å²) in [5.41, 5.74) is 10.0. The second kappa shape index (κ2) is 5.41. The Morgan fingerprint density at radius 3 is 2.17 bits per heavy atom. The molecule has 92 valence electrons. The molecule has 0 aliphatic rings. The molecule has 0 unspecified atom stereocenters. The summed E-state index contributed by atoms with van der Waals surface area (Å²) in [6.07, 6.45) is 4.16. The Balaban J connectivity index is 2.14. The van der Waals surface area contributed by atoms with Crippen LogP contribution in [0.25, 0.3) is 12.2 Å². The zero-order valence-corrected chi connectivity index (χ0v) is 10.8. The lowest BCUT2D eigenvalue weighted by molar-refractivity contribution is 1.13. The molecular weight excluding hydrogens is 220 g/mol. The highest BCUT2D eigenvalue weighted by atomic mass is 15.1. The standard InChI is InChI=1S/C16H18N2/c1-18(2)16-10-8-13(9-11-16)6-7-14-4-3-5-15(17)12-14/h3-12H,17H2,1-2H3/b7-6+. The summed E-state index contributed by atoms with van der Waals surface area (Å²) in [6.45, 7) is 0. The van der Waals surface area contributed by atoms with Crippen LogP contribution in [0.15, 0.2) is 48.5 Å². The fraction of sp³-hybridized carbons (Fsp3) is 0.125. The molecule has 0 fully saturated rings. The van der Waals surface area contributed by atoms with Crippen LogP contribution < -0.4 is 10.6 Å². The number of hydrogen-bond acceptors (Lipinski definition) is 2. The lowest BCUT2D eigenvalue weighted by Crippen LogP contribution is -2.07. The van der Waals surface area contributed by atoms with Crippen LogP contribution in [0.1, 0.15) is 11.1 Å². The molecule has 0 spiro atoms. The van der Waals surface area contributed by atoms with E-state index in [-0.39, 0.29) is 0 Å². The molecule has 2 heteroatoms. The Kier molecular flexibility index (Phi) is 3.68. The van der Waals surface area contributed by atoms with Crippen LogP contribution in [-0.2, 0) is 0 Å². The average molecular weight is 238 g/mol. The van der Waals surface area contributed by atoms with Gasteiger partial charge in [0.25, 0.3) is 0 Å². The van der Waals surface area contributed by atoms with Crippen LogP contribution >= 0.6 is 0 Å². The largest absolute Gasteiger partial charge is 0.399 e. The monoisotopic (exact) mass is 238 g/mol. The van der Waals surface area contributed by atoms with Crippen molar-refractivity contribution in [2.45, 2.75) is 0 Å². The zero-order valence-electron chi connectivity index (χ0n) is 10.8. The van der Waals surface area contributed by atoms with E-state index in [0.717, 1.165) is 11.3 Å². The second-order valence-corrected chi connectivity index (χ2v) is 4.49. The minimum atomic E-state index is 0.792. The number of nitrogens with zero attached hydrogens (tertiary/aromatic N) is 1. The van der Waals surface area contributed by atoms with Gasteiger partial charge in [-0.2, -0.15) is 0 Å². The third kappa shape index (κ3) is 3.14. The first-order valence-corrected chi connectivity index (χ1v) is 5.96. The molecule has 0 bridgehead atoms. The molecule has 0 saturated carbocycles. The van der Waals surface area contributed by atoms with E-state index in [0.29, 0.717) is 0 Å². The molecule has 0 aliphatic carbocycles. The summed E-state index contributed by atoms with van der Waals surface area (Å²) < 4.78 is 0. The van der Waals surface area contributed by atoms with Gasteiger partial charge in [0.2, 0.25) is 0 Å². The Morgan fingerprint density at radius 2 is 1.56 bits per heavy atom. The van der Waals surface area contributed by atoms with Gasteiger partial charge in [-0.15, -0.1) is 0 Å². The highest BCUT2D eigenvalue weighted by Gasteiger charge is 1.93. The van der Waals surface area contributed by atoms with Crippen molar-refractivity contribution in [3.8, 4) is 0 Å². The molecule has 0 aliphatic heterocycles. The smallest absolute Gasteiger partial charge is 0.0361 e. The van der Waals surface area contributed by atoms with Gasteiger partial charge in [-0.05, 0) is 35.4 Å². The summed E-state index contributed by atoms with van der Waals surface area (Å²) in [5.74, 6) is 0. The normalized spacial score (nSPS) is 10.8. The molecule has 2 aromatic carbocycles. The number of rotatable bonds is 3. The molecule has 0 heterocycles. The maximum atomic E-state index is 5.74. The topological polar surface area (TPSA) is 29.3 Å². The van der Waals surface area contributed by atoms with Gasteiger partial charge in [0.05, 0.1) is 0 Å². The van der Waals surface area contributed by atoms with E-state index in [1.165, 1.54) is 11.3 Å². The number of nitrogens with two attached hydrogens (primary N) is 1. The van der Waals surface area contributed by atoms with Crippen molar-refractivity contribution in [1.82, 2.24) is 0 Å². The fourth-order valence-corrected chi connectivity index (χ4v) is 1.74. The number of anilines is 2. The summed E-state index contributed by atoms with van der Waals surface area (Å²) in [6, 6.07) is 16.3. The van der Waals surface area contributed by atoms with Crippen LogP contribution in [0.2, 0.25) is 0 Å². The molecule has 2 nitrogen and oxygen atoms in total. The van der Waals surface area contributed by atoms with Gasteiger partial charge in [-0.25, -0.2) is 0 Å². The maximum Gasteiger partial charge on any atom is 0.0361 e. The van der Waals surface area contributed by atoms with Gasteiger partial charge in [0.15, 0.2) is 0 Å². The van der Waals surface area contributed by atoms with E-state index in [1.807, 2.05) is 38.4 Å². The second-order valence-electron chi connectivity index (χ2n) is 4.49.